The molecule has 0 aliphatic heterocycles. The molecule has 0 bridgehead atoms. The van der Waals surface area contributed by atoms with Gasteiger partial charge in [0.15, 0.2) is 0 Å². The van der Waals surface area contributed by atoms with Gasteiger partial charge in [0.05, 0.1) is 11.2 Å². The van der Waals surface area contributed by atoms with Crippen molar-refractivity contribution in [3.8, 4) is 11.1 Å². The largest absolute Gasteiger partial charge is 0.361 e. The maximum Gasteiger partial charge on any atom is 0.274 e. The fourth-order valence-corrected chi connectivity index (χ4v) is 6.00. The zero-order valence-electron chi connectivity index (χ0n) is 16.8. The van der Waals surface area contributed by atoms with Crippen LogP contribution in [0.2, 0.25) is 0 Å². The molecule has 1 saturated carbocycles. The molecule has 2 aromatic heterocycles. The van der Waals surface area contributed by atoms with Gasteiger partial charge in [0.1, 0.15) is 16.2 Å². The van der Waals surface area contributed by atoms with E-state index in [0.717, 1.165) is 25.7 Å². The molecule has 4 rings (SSSR count). The SMILES string of the molecule is CNS(=O)(=O)c1nc2c(S(=O)(=O)NC3CCCC3)cc(-c3c(C)noc3C)cc2[nH]1. The first-order valence-corrected chi connectivity index (χ1v) is 12.5. The molecule has 0 atom stereocenters. The van der Waals surface area contributed by atoms with Crippen molar-refractivity contribution in [1.82, 2.24) is 24.6 Å². The molecule has 0 saturated heterocycles. The van der Waals surface area contributed by atoms with Crippen molar-refractivity contribution in [2.24, 2.45) is 0 Å². The summed E-state index contributed by atoms with van der Waals surface area (Å²) in [4.78, 5) is 6.74. The average Bonchev–Trinajstić information content (AvgIpc) is 3.41. The van der Waals surface area contributed by atoms with E-state index in [2.05, 4.69) is 24.6 Å². The monoisotopic (exact) mass is 453 g/mol. The minimum absolute atomic E-state index is 0.0600. The average molecular weight is 454 g/mol. The third-order valence-electron chi connectivity index (χ3n) is 5.34. The summed E-state index contributed by atoms with van der Waals surface area (Å²) < 4.78 is 61.1. The van der Waals surface area contributed by atoms with Crippen molar-refractivity contribution in [2.45, 2.75) is 55.6 Å². The molecule has 0 radical (unpaired) electrons. The topological polar surface area (TPSA) is 147 Å². The lowest BCUT2D eigenvalue weighted by atomic mass is 10.0. The van der Waals surface area contributed by atoms with E-state index in [-0.39, 0.29) is 27.1 Å². The number of rotatable bonds is 6. The predicted octanol–water partition coefficient (Wildman–Crippen LogP) is 1.96. The molecule has 162 valence electrons. The summed E-state index contributed by atoms with van der Waals surface area (Å²) in [6, 6.07) is 2.99. The molecule has 3 N–H and O–H groups in total. The lowest BCUT2D eigenvalue weighted by molar-refractivity contribution is 0.393. The van der Waals surface area contributed by atoms with Crippen LogP contribution in [-0.2, 0) is 20.0 Å². The van der Waals surface area contributed by atoms with Gasteiger partial charge in [-0.1, -0.05) is 18.0 Å². The Hall–Kier alpha value is -2.28. The van der Waals surface area contributed by atoms with Crippen molar-refractivity contribution in [1.29, 1.82) is 0 Å². The summed E-state index contributed by atoms with van der Waals surface area (Å²) in [6.45, 7) is 3.49. The Labute approximate surface area is 174 Å². The van der Waals surface area contributed by atoms with E-state index < -0.39 is 20.0 Å². The minimum Gasteiger partial charge on any atom is -0.361 e. The van der Waals surface area contributed by atoms with Gasteiger partial charge in [-0.2, -0.15) is 0 Å². The van der Waals surface area contributed by atoms with Crippen LogP contribution in [0.3, 0.4) is 0 Å². The standard InChI is InChI=1S/C18H23N5O5S2/c1-10-16(11(2)28-22-10)12-8-14-17(21-18(20-14)30(26,27)19-3)15(9-12)29(24,25)23-13-6-4-5-7-13/h8-9,13,19,23H,4-7H2,1-3H3,(H,20,21). The summed E-state index contributed by atoms with van der Waals surface area (Å²) in [7, 11) is -6.58. The normalized spacial score (nSPS) is 16.0. The van der Waals surface area contributed by atoms with E-state index in [1.54, 1.807) is 19.9 Å². The van der Waals surface area contributed by atoms with E-state index in [1.165, 1.54) is 13.1 Å². The summed E-state index contributed by atoms with van der Waals surface area (Å²) >= 11 is 0. The van der Waals surface area contributed by atoms with Crippen LogP contribution in [0.15, 0.2) is 26.7 Å². The molecule has 3 aromatic rings. The lowest BCUT2D eigenvalue weighted by Crippen LogP contribution is -2.32. The van der Waals surface area contributed by atoms with Crippen molar-refractivity contribution >= 4 is 31.1 Å². The van der Waals surface area contributed by atoms with Crippen LogP contribution in [0.1, 0.15) is 37.1 Å². The van der Waals surface area contributed by atoms with E-state index >= 15 is 0 Å². The highest BCUT2D eigenvalue weighted by Gasteiger charge is 2.29. The molecule has 12 heteroatoms. The molecule has 1 fully saturated rings. The third-order valence-corrected chi connectivity index (χ3v) is 8.12. The highest BCUT2D eigenvalue weighted by molar-refractivity contribution is 7.90. The Morgan fingerprint density at radius 1 is 1.10 bits per heavy atom. The summed E-state index contributed by atoms with van der Waals surface area (Å²) in [5.74, 6) is 0.529. The number of aryl methyl sites for hydroxylation is 2. The van der Waals surface area contributed by atoms with Gasteiger partial charge in [0.2, 0.25) is 15.2 Å². The van der Waals surface area contributed by atoms with Crippen molar-refractivity contribution in [3.05, 3.63) is 23.6 Å². The van der Waals surface area contributed by atoms with Gasteiger partial charge in [-0.05, 0) is 51.4 Å². The van der Waals surface area contributed by atoms with Gasteiger partial charge in [-0.25, -0.2) is 31.3 Å². The number of nitrogens with one attached hydrogen (secondary N) is 3. The first kappa shape index (κ1) is 21.0. The molecule has 1 aliphatic carbocycles. The van der Waals surface area contributed by atoms with E-state index in [0.29, 0.717) is 22.6 Å². The highest BCUT2D eigenvalue weighted by Crippen LogP contribution is 2.34. The maximum absolute atomic E-state index is 13.3. The second kappa shape index (κ2) is 7.45. The molecule has 0 amide bonds. The number of aromatic nitrogens is 3. The Kier molecular flexibility index (Phi) is 5.21. The Morgan fingerprint density at radius 3 is 2.40 bits per heavy atom. The van der Waals surface area contributed by atoms with E-state index in [4.69, 9.17) is 4.52 Å². The summed E-state index contributed by atoms with van der Waals surface area (Å²) in [6.07, 6.45) is 3.47. The number of hydrogen-bond donors (Lipinski definition) is 3. The molecule has 1 aliphatic rings. The van der Waals surface area contributed by atoms with Gasteiger partial charge >= 0.3 is 0 Å². The molecule has 2 heterocycles. The van der Waals surface area contributed by atoms with Crippen molar-refractivity contribution < 1.29 is 21.4 Å². The number of benzene rings is 1. The van der Waals surface area contributed by atoms with Crippen LogP contribution in [-0.4, -0.2) is 45.0 Å². The number of sulfonamides is 2. The maximum atomic E-state index is 13.3. The van der Waals surface area contributed by atoms with Crippen LogP contribution in [0.4, 0.5) is 0 Å². The second-order valence-corrected chi connectivity index (χ2v) is 10.9. The molecular formula is C18H23N5O5S2. The number of hydrogen-bond acceptors (Lipinski definition) is 7. The Morgan fingerprint density at radius 2 is 1.80 bits per heavy atom. The van der Waals surface area contributed by atoms with Crippen LogP contribution in [0.5, 0.6) is 0 Å². The first-order valence-electron chi connectivity index (χ1n) is 9.55. The molecule has 0 spiro atoms. The van der Waals surface area contributed by atoms with Crippen molar-refractivity contribution in [2.75, 3.05) is 7.05 Å². The van der Waals surface area contributed by atoms with Crippen LogP contribution in [0.25, 0.3) is 22.2 Å². The zero-order chi connectivity index (χ0) is 21.7. The zero-order valence-corrected chi connectivity index (χ0v) is 18.4. The van der Waals surface area contributed by atoms with Crippen LogP contribution < -0.4 is 9.44 Å². The van der Waals surface area contributed by atoms with E-state index in [1.807, 2.05) is 0 Å². The smallest absolute Gasteiger partial charge is 0.274 e. The molecular weight excluding hydrogens is 430 g/mol. The number of imidazole rings is 1. The second-order valence-electron chi connectivity index (χ2n) is 7.42. The number of H-pyrrole nitrogens is 1. The Bertz CT molecular complexity index is 1300. The lowest BCUT2D eigenvalue weighted by Gasteiger charge is -2.14. The quantitative estimate of drug-likeness (QED) is 0.517. The molecule has 1 aromatic carbocycles. The van der Waals surface area contributed by atoms with Crippen LogP contribution in [0, 0.1) is 13.8 Å². The molecule has 0 unspecified atom stereocenters. The first-order chi connectivity index (χ1) is 14.1. The molecule has 10 nitrogen and oxygen atoms in total. The Balaban J connectivity index is 1.96. The predicted molar refractivity (Wildman–Crippen MR) is 110 cm³/mol. The van der Waals surface area contributed by atoms with Gasteiger partial charge in [-0.15, -0.1) is 0 Å². The fourth-order valence-electron chi connectivity index (χ4n) is 3.86. The van der Waals surface area contributed by atoms with Gasteiger partial charge < -0.3 is 9.51 Å². The summed E-state index contributed by atoms with van der Waals surface area (Å²) in [5.41, 5.74) is 2.14. The number of aromatic amines is 1. The highest BCUT2D eigenvalue weighted by atomic mass is 32.2. The van der Waals surface area contributed by atoms with Crippen LogP contribution >= 0.6 is 0 Å². The number of fused-ring (bicyclic) bond motifs is 1. The third kappa shape index (κ3) is 3.64. The minimum atomic E-state index is -3.95. The fraction of sp³-hybridized carbons (Fsp3) is 0.444. The van der Waals surface area contributed by atoms with Crippen molar-refractivity contribution in [3.63, 3.8) is 0 Å². The number of nitrogens with zero attached hydrogens (tertiary/aromatic N) is 2. The molecule has 30 heavy (non-hydrogen) atoms. The van der Waals surface area contributed by atoms with Gasteiger partial charge in [0, 0.05) is 11.6 Å². The van der Waals surface area contributed by atoms with Gasteiger partial charge in [-0.3, -0.25) is 0 Å². The van der Waals surface area contributed by atoms with Gasteiger partial charge in [0.25, 0.3) is 10.0 Å². The summed E-state index contributed by atoms with van der Waals surface area (Å²) in [5, 5.41) is 3.58. The van der Waals surface area contributed by atoms with E-state index in [9.17, 15) is 16.8 Å².